The fourth-order valence-electron chi connectivity index (χ4n) is 2.22. The van der Waals surface area contributed by atoms with E-state index < -0.39 is 0 Å². The highest BCUT2D eigenvalue weighted by Gasteiger charge is 2.19. The van der Waals surface area contributed by atoms with Gasteiger partial charge in [0.2, 0.25) is 0 Å². The topological polar surface area (TPSA) is 18.5 Å². The van der Waals surface area contributed by atoms with Crippen molar-refractivity contribution in [1.82, 2.24) is 0 Å². The van der Waals surface area contributed by atoms with Gasteiger partial charge in [0.25, 0.3) is 0 Å². The van der Waals surface area contributed by atoms with E-state index in [4.69, 9.17) is 9.47 Å². The van der Waals surface area contributed by atoms with Gasteiger partial charge in [0.15, 0.2) is 0 Å². The van der Waals surface area contributed by atoms with Gasteiger partial charge in [-0.05, 0) is 31.1 Å². The number of hydrogen-bond donors (Lipinski definition) is 0. The van der Waals surface area contributed by atoms with Crippen LogP contribution in [0, 0.1) is 11.8 Å². The molecular weight excluding hydrogens is 216 g/mol. The third-order valence-electron chi connectivity index (χ3n) is 3.24. The summed E-state index contributed by atoms with van der Waals surface area (Å²) >= 11 is 0. The Kier molecular flexibility index (Phi) is 6.62. The largest absolute Gasteiger partial charge is 0.382 e. The molecule has 2 atom stereocenters. The van der Waals surface area contributed by atoms with Crippen LogP contribution in [0.3, 0.4) is 0 Å². The Morgan fingerprint density at radius 2 is 2.06 bits per heavy atom. The van der Waals surface area contributed by atoms with Gasteiger partial charge in [-0.3, -0.25) is 0 Å². The van der Waals surface area contributed by atoms with Gasteiger partial charge in [-0.1, -0.05) is 27.7 Å². The Morgan fingerprint density at radius 3 is 2.56 bits per heavy atom. The van der Waals surface area contributed by atoms with E-state index in [0.717, 1.165) is 18.8 Å². The van der Waals surface area contributed by atoms with E-state index >= 15 is 0 Å². The zero-order chi connectivity index (χ0) is 12.0. The molecule has 0 bridgehead atoms. The lowest BCUT2D eigenvalue weighted by molar-refractivity contribution is 0.0322. The maximum absolute atomic E-state index is 6.06. The van der Waals surface area contributed by atoms with Crippen LogP contribution in [0.1, 0.15) is 47.0 Å². The Bertz CT molecular complexity index is 177. The molecule has 0 spiro atoms. The molecule has 0 saturated carbocycles. The second kappa shape index (κ2) is 7.46. The molecule has 1 aliphatic heterocycles. The van der Waals surface area contributed by atoms with E-state index in [1.807, 2.05) is 0 Å². The molecule has 0 N–H and O–H groups in total. The van der Waals surface area contributed by atoms with Crippen molar-refractivity contribution < 1.29 is 9.47 Å². The third-order valence-corrected chi connectivity index (χ3v) is 5.00. The van der Waals surface area contributed by atoms with Crippen LogP contribution in [0.15, 0.2) is 0 Å². The van der Waals surface area contributed by atoms with Crippen molar-refractivity contribution in [1.29, 1.82) is 0 Å². The van der Waals surface area contributed by atoms with Crippen molar-refractivity contribution in [3.63, 3.8) is 0 Å². The molecule has 1 heterocycles. The van der Waals surface area contributed by atoms with Gasteiger partial charge < -0.3 is 9.47 Å². The maximum Gasteiger partial charge on any atom is 0.0861 e. The summed E-state index contributed by atoms with van der Waals surface area (Å²) < 4.78 is 11.7. The number of hydrogen-bond acceptors (Lipinski definition) is 2. The van der Waals surface area contributed by atoms with Crippen molar-refractivity contribution in [2.45, 2.75) is 58.8 Å². The molecule has 0 aromatic heterocycles. The first-order valence-corrected chi connectivity index (χ1v) is 8.64. The molecule has 1 rings (SSSR count). The minimum atomic E-state index is -0.165. The van der Waals surface area contributed by atoms with Crippen LogP contribution < -0.4 is 0 Å². The second-order valence-corrected chi connectivity index (χ2v) is 7.60. The highest BCUT2D eigenvalue weighted by atomic mass is 28.2. The van der Waals surface area contributed by atoms with Crippen molar-refractivity contribution in [2.75, 3.05) is 12.8 Å². The first kappa shape index (κ1) is 14.2. The summed E-state index contributed by atoms with van der Waals surface area (Å²) in [4.78, 5) is 0. The van der Waals surface area contributed by atoms with Crippen molar-refractivity contribution in [3.05, 3.63) is 0 Å². The molecule has 1 aliphatic rings. The molecule has 2 unspecified atom stereocenters. The highest BCUT2D eigenvalue weighted by Crippen LogP contribution is 2.17. The van der Waals surface area contributed by atoms with E-state index in [1.165, 1.54) is 19.3 Å². The van der Waals surface area contributed by atoms with E-state index in [2.05, 4.69) is 27.7 Å². The minimum Gasteiger partial charge on any atom is -0.382 e. The van der Waals surface area contributed by atoms with Crippen LogP contribution in [0.2, 0.25) is 0 Å². The van der Waals surface area contributed by atoms with Gasteiger partial charge in [0.05, 0.1) is 15.6 Å². The average molecular weight is 244 g/mol. The predicted octanol–water partition coefficient (Wildman–Crippen LogP) is 2.34. The van der Waals surface area contributed by atoms with Crippen LogP contribution in [0.5, 0.6) is 0 Å². The van der Waals surface area contributed by atoms with Crippen LogP contribution in [-0.4, -0.2) is 34.2 Å². The number of ether oxygens (including phenoxy) is 2. The molecular formula is C13H28O2Si. The van der Waals surface area contributed by atoms with Crippen molar-refractivity contribution >= 4 is 9.52 Å². The maximum atomic E-state index is 6.06. The molecule has 1 saturated heterocycles. The lowest BCUT2D eigenvalue weighted by Gasteiger charge is -2.23. The van der Waals surface area contributed by atoms with Gasteiger partial charge in [0.1, 0.15) is 0 Å². The van der Waals surface area contributed by atoms with Gasteiger partial charge >= 0.3 is 0 Å². The van der Waals surface area contributed by atoms with E-state index in [9.17, 15) is 0 Å². The van der Waals surface area contributed by atoms with Gasteiger partial charge in [-0.25, -0.2) is 0 Å². The summed E-state index contributed by atoms with van der Waals surface area (Å²) in [6, 6.07) is 0. The summed E-state index contributed by atoms with van der Waals surface area (Å²) in [6.45, 7) is 10.1. The predicted molar refractivity (Wildman–Crippen MR) is 71.6 cm³/mol. The first-order valence-electron chi connectivity index (χ1n) is 6.82. The molecule has 0 amide bonds. The summed E-state index contributed by atoms with van der Waals surface area (Å²) in [5.41, 5.74) is 0.604. The molecule has 2 nitrogen and oxygen atoms in total. The average Bonchev–Trinajstić information content (AvgIpc) is 2.68. The Labute approximate surface area is 103 Å². The van der Waals surface area contributed by atoms with Crippen LogP contribution in [0.25, 0.3) is 0 Å². The normalized spacial score (nSPS) is 24.0. The second-order valence-electron chi connectivity index (χ2n) is 5.71. The summed E-state index contributed by atoms with van der Waals surface area (Å²) in [7, 11) is -0.165. The highest BCUT2D eigenvalue weighted by molar-refractivity contribution is 6.37. The van der Waals surface area contributed by atoms with E-state index in [-0.39, 0.29) is 9.52 Å². The van der Waals surface area contributed by atoms with Gasteiger partial charge in [0, 0.05) is 18.6 Å². The summed E-state index contributed by atoms with van der Waals surface area (Å²) in [5.74, 6) is 1.37. The van der Waals surface area contributed by atoms with Crippen molar-refractivity contribution in [2.24, 2.45) is 11.8 Å². The Balaban J connectivity index is 2.15. The van der Waals surface area contributed by atoms with Gasteiger partial charge in [-0.2, -0.15) is 0 Å². The van der Waals surface area contributed by atoms with Gasteiger partial charge in [-0.15, -0.1) is 0 Å². The Hall–Kier alpha value is 0.137. The molecule has 16 heavy (non-hydrogen) atoms. The molecule has 3 heteroatoms. The molecule has 1 fully saturated rings. The van der Waals surface area contributed by atoms with Crippen LogP contribution in [0.4, 0.5) is 0 Å². The molecule has 0 aromatic rings. The third kappa shape index (κ3) is 5.46. The lowest BCUT2D eigenvalue weighted by atomic mass is 9.97. The SMILES string of the molecule is CC(C)CC(OC[SiH2]C1CCCO1)C(C)C. The van der Waals surface area contributed by atoms with E-state index in [0.29, 0.717) is 17.7 Å². The summed E-state index contributed by atoms with van der Waals surface area (Å²) in [5, 5.41) is 0. The standard InChI is InChI=1S/C13H28O2Si/c1-10(2)8-12(11(3)4)15-9-16-13-6-5-7-14-13/h10-13H,5-9,16H2,1-4H3. The quantitative estimate of drug-likeness (QED) is 0.640. The summed E-state index contributed by atoms with van der Waals surface area (Å²) in [6.07, 6.45) is 5.19. The molecule has 96 valence electrons. The Morgan fingerprint density at radius 1 is 1.31 bits per heavy atom. The molecule has 0 radical (unpaired) electrons. The smallest absolute Gasteiger partial charge is 0.0861 e. The lowest BCUT2D eigenvalue weighted by Crippen LogP contribution is -2.28. The fraction of sp³-hybridized carbons (Fsp3) is 1.00. The van der Waals surface area contributed by atoms with Crippen molar-refractivity contribution in [3.8, 4) is 0 Å². The zero-order valence-corrected chi connectivity index (χ0v) is 12.8. The van der Waals surface area contributed by atoms with E-state index in [1.54, 1.807) is 0 Å². The zero-order valence-electron chi connectivity index (χ0n) is 11.4. The van der Waals surface area contributed by atoms with Crippen LogP contribution in [-0.2, 0) is 9.47 Å². The first-order chi connectivity index (χ1) is 7.59. The molecule has 0 aliphatic carbocycles. The number of rotatable bonds is 7. The fourth-order valence-corrected chi connectivity index (χ4v) is 3.83. The van der Waals surface area contributed by atoms with Crippen LogP contribution >= 0.6 is 0 Å². The molecule has 0 aromatic carbocycles. The minimum absolute atomic E-state index is 0.165. The monoisotopic (exact) mass is 244 g/mol.